The van der Waals surface area contributed by atoms with Gasteiger partial charge in [-0.2, -0.15) is 5.26 Å². The van der Waals surface area contributed by atoms with Crippen molar-refractivity contribution in [3.63, 3.8) is 0 Å². The zero-order valence-electron chi connectivity index (χ0n) is 15.9. The quantitative estimate of drug-likeness (QED) is 0.792. The van der Waals surface area contributed by atoms with Crippen molar-refractivity contribution in [2.75, 3.05) is 24.7 Å². The summed E-state index contributed by atoms with van der Waals surface area (Å²) in [5.41, 5.74) is 1.17. The van der Waals surface area contributed by atoms with Crippen LogP contribution in [-0.2, 0) is 27.5 Å². The predicted octanol–water partition coefficient (Wildman–Crippen LogP) is 2.79. The molecule has 0 saturated heterocycles. The number of anilines is 1. The molecular weight excluding hydrogens is 414 g/mol. The lowest BCUT2D eigenvalue weighted by Crippen LogP contribution is -2.35. The van der Waals surface area contributed by atoms with E-state index in [0.29, 0.717) is 23.5 Å². The number of fused-ring (bicyclic) bond motifs is 1. The molecule has 10 heteroatoms. The van der Waals surface area contributed by atoms with Crippen molar-refractivity contribution in [1.29, 1.82) is 5.26 Å². The molecule has 0 aliphatic carbocycles. The maximum Gasteiger partial charge on any atom is 0.409 e. The average Bonchev–Trinajstić information content (AvgIpc) is 3.08. The van der Waals surface area contributed by atoms with Gasteiger partial charge in [0, 0.05) is 11.4 Å². The molecule has 1 N–H and O–H groups in total. The van der Waals surface area contributed by atoms with Gasteiger partial charge in [-0.3, -0.25) is 4.79 Å². The molecule has 1 aliphatic heterocycles. The molecule has 1 aliphatic rings. The number of ether oxygens (including phenoxy) is 1. The van der Waals surface area contributed by atoms with E-state index >= 15 is 0 Å². The minimum absolute atomic E-state index is 0.0285. The number of methoxy groups -OCH3 is 1. The maximum absolute atomic E-state index is 12.8. The number of rotatable bonds is 4. The zero-order chi connectivity index (χ0) is 21.2. The van der Waals surface area contributed by atoms with Gasteiger partial charge in [0.1, 0.15) is 11.1 Å². The molecule has 1 aromatic heterocycles. The van der Waals surface area contributed by atoms with Crippen molar-refractivity contribution in [2.45, 2.75) is 24.8 Å². The summed E-state index contributed by atoms with van der Waals surface area (Å²) in [4.78, 5) is 26.9. The van der Waals surface area contributed by atoms with Crippen molar-refractivity contribution in [1.82, 2.24) is 4.90 Å². The average molecular weight is 434 g/mol. The van der Waals surface area contributed by atoms with Crippen LogP contribution >= 0.6 is 11.3 Å². The fourth-order valence-electron chi connectivity index (χ4n) is 3.15. The van der Waals surface area contributed by atoms with Crippen molar-refractivity contribution < 1.29 is 22.7 Å². The van der Waals surface area contributed by atoms with Gasteiger partial charge in [-0.25, -0.2) is 13.2 Å². The second-order valence-electron chi connectivity index (χ2n) is 6.32. The summed E-state index contributed by atoms with van der Waals surface area (Å²) >= 11 is 1.21. The molecule has 0 fully saturated rings. The highest BCUT2D eigenvalue weighted by molar-refractivity contribution is 7.91. The molecule has 2 aromatic rings. The first kappa shape index (κ1) is 20.8. The second-order valence-corrected chi connectivity index (χ2v) is 9.67. The number of nitrogens with zero attached hydrogens (tertiary/aromatic N) is 2. The Bertz CT molecular complexity index is 1120. The van der Waals surface area contributed by atoms with Gasteiger partial charge in [0.15, 0.2) is 9.84 Å². The molecule has 0 unspecified atom stereocenters. The van der Waals surface area contributed by atoms with Crippen LogP contribution in [0.15, 0.2) is 29.2 Å². The molecular formula is C19H19N3O5S2. The fourth-order valence-corrected chi connectivity index (χ4v) is 5.45. The smallest absolute Gasteiger partial charge is 0.409 e. The Labute approximate surface area is 172 Å². The van der Waals surface area contributed by atoms with Crippen molar-refractivity contribution in [3.05, 3.63) is 45.8 Å². The number of nitriles is 1. The molecule has 2 amide bonds. The summed E-state index contributed by atoms with van der Waals surface area (Å²) < 4.78 is 29.4. The molecule has 1 aromatic carbocycles. The predicted molar refractivity (Wildman–Crippen MR) is 108 cm³/mol. The van der Waals surface area contributed by atoms with Crippen molar-refractivity contribution in [3.8, 4) is 6.07 Å². The van der Waals surface area contributed by atoms with E-state index < -0.39 is 21.8 Å². The first-order chi connectivity index (χ1) is 13.8. The second kappa shape index (κ2) is 8.23. The van der Waals surface area contributed by atoms with E-state index in [9.17, 15) is 23.3 Å². The number of benzene rings is 1. The number of sulfone groups is 1. The zero-order valence-corrected chi connectivity index (χ0v) is 17.5. The Balaban J connectivity index is 1.93. The van der Waals surface area contributed by atoms with Crippen LogP contribution in [0.3, 0.4) is 0 Å². The maximum atomic E-state index is 12.8. The summed E-state index contributed by atoms with van der Waals surface area (Å²) in [5, 5.41) is 12.6. The molecule has 0 spiro atoms. The van der Waals surface area contributed by atoms with Crippen LogP contribution in [0, 0.1) is 11.3 Å². The van der Waals surface area contributed by atoms with E-state index in [2.05, 4.69) is 11.4 Å². The molecule has 8 nitrogen and oxygen atoms in total. The third kappa shape index (κ3) is 3.97. The molecule has 0 atom stereocenters. The first-order valence-electron chi connectivity index (χ1n) is 8.83. The van der Waals surface area contributed by atoms with E-state index in [1.165, 1.54) is 42.4 Å². The highest BCUT2D eigenvalue weighted by Gasteiger charge is 2.29. The van der Waals surface area contributed by atoms with Gasteiger partial charge in [-0.15, -0.1) is 11.3 Å². The Morgan fingerprint density at radius 3 is 2.72 bits per heavy atom. The largest absolute Gasteiger partial charge is 0.453 e. The standard InChI is InChI=1S/C19H19N3O5S2/c1-3-29(25,26)16-7-5-4-6-13(16)17(23)21-18-14(10-20)12-8-9-22(19(24)27-2)11-15(12)28-18/h4-7H,3,8-9,11H2,1-2H3,(H,21,23). The number of hydrogen-bond acceptors (Lipinski definition) is 7. The monoisotopic (exact) mass is 433 g/mol. The van der Waals surface area contributed by atoms with Crippen LogP contribution in [0.4, 0.5) is 9.80 Å². The molecule has 29 heavy (non-hydrogen) atoms. The van der Waals surface area contributed by atoms with Crippen LogP contribution < -0.4 is 5.32 Å². The number of amides is 2. The summed E-state index contributed by atoms with van der Waals surface area (Å²) in [6.45, 7) is 2.21. The SMILES string of the molecule is CCS(=O)(=O)c1ccccc1C(=O)Nc1sc2c(c1C#N)CCN(C(=O)OC)C2. The molecule has 152 valence electrons. The van der Waals surface area contributed by atoms with Gasteiger partial charge in [0.2, 0.25) is 0 Å². The third-order valence-electron chi connectivity index (χ3n) is 4.68. The van der Waals surface area contributed by atoms with Crippen LogP contribution in [0.2, 0.25) is 0 Å². The van der Waals surface area contributed by atoms with Gasteiger partial charge < -0.3 is 15.0 Å². The highest BCUT2D eigenvalue weighted by Crippen LogP contribution is 2.37. The summed E-state index contributed by atoms with van der Waals surface area (Å²) in [6, 6.07) is 8.10. The van der Waals surface area contributed by atoms with Gasteiger partial charge in [-0.05, 0) is 24.1 Å². The molecule has 3 rings (SSSR count). The third-order valence-corrected chi connectivity index (χ3v) is 7.59. The fraction of sp³-hybridized carbons (Fsp3) is 0.316. The highest BCUT2D eigenvalue weighted by atomic mass is 32.2. The lowest BCUT2D eigenvalue weighted by Gasteiger charge is -2.25. The Morgan fingerprint density at radius 2 is 2.07 bits per heavy atom. The van der Waals surface area contributed by atoms with E-state index in [1.807, 2.05) is 0 Å². The summed E-state index contributed by atoms with van der Waals surface area (Å²) in [5.74, 6) is -0.727. The van der Waals surface area contributed by atoms with E-state index in [4.69, 9.17) is 4.74 Å². The van der Waals surface area contributed by atoms with Gasteiger partial charge in [0.25, 0.3) is 5.91 Å². The Kier molecular flexibility index (Phi) is 5.91. The topological polar surface area (TPSA) is 117 Å². The summed E-state index contributed by atoms with van der Waals surface area (Å²) in [6.07, 6.45) is 0.0207. The molecule has 0 bridgehead atoms. The van der Waals surface area contributed by atoms with Crippen LogP contribution in [-0.4, -0.2) is 44.7 Å². The lowest BCUT2D eigenvalue weighted by molar-refractivity contribution is 0.102. The number of carbonyl (C=O) groups excluding carboxylic acids is 2. The van der Waals surface area contributed by atoms with Crippen molar-refractivity contribution in [2.24, 2.45) is 0 Å². The Morgan fingerprint density at radius 1 is 1.34 bits per heavy atom. The van der Waals surface area contributed by atoms with Gasteiger partial charge in [0.05, 0.1) is 35.4 Å². The van der Waals surface area contributed by atoms with Crippen LogP contribution in [0.25, 0.3) is 0 Å². The van der Waals surface area contributed by atoms with Crippen LogP contribution in [0.5, 0.6) is 0 Å². The minimum Gasteiger partial charge on any atom is -0.453 e. The normalized spacial score (nSPS) is 13.3. The summed E-state index contributed by atoms with van der Waals surface area (Å²) in [7, 11) is -2.28. The van der Waals surface area contributed by atoms with E-state index in [1.54, 1.807) is 12.1 Å². The van der Waals surface area contributed by atoms with Gasteiger partial charge in [-0.1, -0.05) is 19.1 Å². The minimum atomic E-state index is -3.58. The van der Waals surface area contributed by atoms with Crippen molar-refractivity contribution >= 4 is 38.2 Å². The first-order valence-corrected chi connectivity index (χ1v) is 11.3. The molecule has 0 radical (unpaired) electrons. The van der Waals surface area contributed by atoms with E-state index in [0.717, 1.165) is 10.4 Å². The number of thiophene rings is 1. The Hall–Kier alpha value is -2.90. The lowest BCUT2D eigenvalue weighted by atomic mass is 10.0. The number of nitrogens with one attached hydrogen (secondary N) is 1. The number of hydrogen-bond donors (Lipinski definition) is 1. The van der Waals surface area contributed by atoms with Gasteiger partial charge >= 0.3 is 6.09 Å². The van der Waals surface area contributed by atoms with Crippen LogP contribution in [0.1, 0.15) is 33.3 Å². The number of carbonyl (C=O) groups is 2. The molecule has 0 saturated carbocycles. The molecule has 2 heterocycles. The van der Waals surface area contributed by atoms with E-state index in [-0.39, 0.29) is 22.8 Å².